The van der Waals surface area contributed by atoms with Crippen LogP contribution in [0.5, 0.6) is 0 Å². The molecule has 0 radical (unpaired) electrons. The predicted octanol–water partition coefficient (Wildman–Crippen LogP) is 6.71. The molecule has 0 spiro atoms. The number of aromatic nitrogens is 3. The number of amides is 2. The van der Waals surface area contributed by atoms with Crippen molar-refractivity contribution in [1.82, 2.24) is 19.4 Å². The molecule has 42 heavy (non-hydrogen) atoms. The van der Waals surface area contributed by atoms with Gasteiger partial charge in [-0.25, -0.2) is 15.0 Å². The van der Waals surface area contributed by atoms with Gasteiger partial charge in [-0.1, -0.05) is 45.0 Å². The van der Waals surface area contributed by atoms with E-state index in [9.17, 15) is 9.59 Å². The minimum atomic E-state index is -0.229. The van der Waals surface area contributed by atoms with Crippen LogP contribution in [0, 0.1) is 0 Å². The van der Waals surface area contributed by atoms with Crippen molar-refractivity contribution in [2.45, 2.75) is 33.1 Å². The quantitative estimate of drug-likeness (QED) is 0.204. The summed E-state index contributed by atoms with van der Waals surface area (Å²) >= 11 is 0. The summed E-state index contributed by atoms with van der Waals surface area (Å²) in [5.41, 5.74) is 5.87. The predicted molar refractivity (Wildman–Crippen MR) is 165 cm³/mol. The standard InChI is InChI=1S/C33H34N6O3/c1-6-42-38(5)32(41)23-12-16-26(17-13-23)35-29-30-34-18-19-39(30)21-28(37-29)24-8-7-9-27(20-24)36-31(40)22-10-14-25(15-11-22)33(2,3)4/h7-21H,6H2,1-5H3,(H,35,37)(H,36,40). The number of anilines is 3. The SMILES string of the molecule is CCON(C)C(=O)c1ccc(Nc2nc(-c3cccc(NC(=O)c4ccc(C(C)(C)C)cc4)c3)cn3ccnc23)cc1. The molecule has 214 valence electrons. The molecule has 2 amide bonds. The first-order chi connectivity index (χ1) is 20.1. The number of nitrogens with one attached hydrogen (secondary N) is 2. The Bertz CT molecular complexity index is 1720. The zero-order valence-corrected chi connectivity index (χ0v) is 24.4. The van der Waals surface area contributed by atoms with E-state index in [0.29, 0.717) is 40.6 Å². The van der Waals surface area contributed by atoms with Crippen LogP contribution < -0.4 is 10.6 Å². The van der Waals surface area contributed by atoms with E-state index >= 15 is 0 Å². The second-order valence-corrected chi connectivity index (χ2v) is 10.9. The lowest BCUT2D eigenvalue weighted by Crippen LogP contribution is -2.26. The fourth-order valence-electron chi connectivity index (χ4n) is 4.50. The molecule has 2 N–H and O–H groups in total. The molecule has 5 rings (SSSR count). The van der Waals surface area contributed by atoms with Crippen LogP contribution in [0.25, 0.3) is 16.9 Å². The van der Waals surface area contributed by atoms with Gasteiger partial charge in [-0.3, -0.25) is 14.4 Å². The lowest BCUT2D eigenvalue weighted by Gasteiger charge is -2.19. The van der Waals surface area contributed by atoms with Gasteiger partial charge in [0.2, 0.25) is 0 Å². The van der Waals surface area contributed by atoms with Crippen LogP contribution in [0.1, 0.15) is 54.0 Å². The van der Waals surface area contributed by atoms with Gasteiger partial charge in [0.05, 0.1) is 12.3 Å². The molecule has 0 aliphatic heterocycles. The third kappa shape index (κ3) is 6.31. The van der Waals surface area contributed by atoms with E-state index in [1.165, 1.54) is 10.6 Å². The molecule has 0 saturated carbocycles. The van der Waals surface area contributed by atoms with E-state index in [4.69, 9.17) is 9.82 Å². The molecule has 0 aliphatic rings. The lowest BCUT2D eigenvalue weighted by atomic mass is 9.87. The highest BCUT2D eigenvalue weighted by molar-refractivity contribution is 6.04. The number of carbonyl (C=O) groups is 2. The molecule has 9 nitrogen and oxygen atoms in total. The van der Waals surface area contributed by atoms with Crippen molar-refractivity contribution >= 4 is 34.7 Å². The van der Waals surface area contributed by atoms with Crippen LogP contribution in [-0.4, -0.2) is 44.9 Å². The first-order valence-corrected chi connectivity index (χ1v) is 13.8. The number of hydrogen-bond acceptors (Lipinski definition) is 6. The van der Waals surface area contributed by atoms with Crippen LogP contribution in [0.15, 0.2) is 91.4 Å². The van der Waals surface area contributed by atoms with E-state index in [2.05, 4.69) is 36.4 Å². The van der Waals surface area contributed by atoms with Gasteiger partial charge in [0.15, 0.2) is 11.5 Å². The highest BCUT2D eigenvalue weighted by Gasteiger charge is 2.16. The van der Waals surface area contributed by atoms with Crippen molar-refractivity contribution in [2.75, 3.05) is 24.3 Å². The summed E-state index contributed by atoms with van der Waals surface area (Å²) in [5, 5.41) is 7.55. The molecule has 9 heteroatoms. The number of benzene rings is 3. The number of nitrogens with zero attached hydrogens (tertiary/aromatic N) is 4. The van der Waals surface area contributed by atoms with Gasteiger partial charge in [-0.15, -0.1) is 0 Å². The first kappa shape index (κ1) is 28.5. The minimum Gasteiger partial charge on any atom is -0.337 e. The van der Waals surface area contributed by atoms with E-state index in [1.807, 2.05) is 84.4 Å². The van der Waals surface area contributed by atoms with Gasteiger partial charge in [0.1, 0.15) is 0 Å². The average molecular weight is 563 g/mol. The maximum atomic E-state index is 13.0. The molecule has 5 aromatic rings. The van der Waals surface area contributed by atoms with Crippen molar-refractivity contribution in [2.24, 2.45) is 0 Å². The summed E-state index contributed by atoms with van der Waals surface area (Å²) in [5.74, 6) is 0.145. The molecule has 3 aromatic carbocycles. The Kier molecular flexibility index (Phi) is 8.04. The number of hydrogen-bond donors (Lipinski definition) is 2. The Morgan fingerprint density at radius 1 is 0.952 bits per heavy atom. The zero-order chi connectivity index (χ0) is 29.9. The van der Waals surface area contributed by atoms with Gasteiger partial charge in [-0.05, 0) is 66.4 Å². The van der Waals surface area contributed by atoms with Crippen LogP contribution in [-0.2, 0) is 10.3 Å². The summed E-state index contributed by atoms with van der Waals surface area (Å²) in [6.07, 6.45) is 5.45. The summed E-state index contributed by atoms with van der Waals surface area (Å²) in [6.45, 7) is 8.67. The monoisotopic (exact) mass is 562 g/mol. The second kappa shape index (κ2) is 11.8. The topological polar surface area (TPSA) is 101 Å². The number of rotatable bonds is 8. The Labute approximate surface area is 245 Å². The highest BCUT2D eigenvalue weighted by Crippen LogP contribution is 2.27. The van der Waals surface area contributed by atoms with E-state index in [1.54, 1.807) is 25.4 Å². The highest BCUT2D eigenvalue weighted by atomic mass is 16.7. The van der Waals surface area contributed by atoms with E-state index in [-0.39, 0.29) is 17.2 Å². The third-order valence-electron chi connectivity index (χ3n) is 6.81. The molecular weight excluding hydrogens is 528 g/mol. The maximum absolute atomic E-state index is 13.0. The van der Waals surface area contributed by atoms with Crippen molar-refractivity contribution in [1.29, 1.82) is 0 Å². The lowest BCUT2D eigenvalue weighted by molar-refractivity contribution is -0.100. The van der Waals surface area contributed by atoms with Gasteiger partial charge < -0.3 is 15.0 Å². The van der Waals surface area contributed by atoms with Gasteiger partial charge in [0, 0.05) is 53.7 Å². The summed E-state index contributed by atoms with van der Waals surface area (Å²) in [7, 11) is 1.59. The largest absolute Gasteiger partial charge is 0.337 e. The summed E-state index contributed by atoms with van der Waals surface area (Å²) in [6, 6.07) is 22.4. The normalized spacial score (nSPS) is 11.4. The van der Waals surface area contributed by atoms with Crippen molar-refractivity contribution < 1.29 is 14.4 Å². The Morgan fingerprint density at radius 3 is 2.36 bits per heavy atom. The molecule has 0 aliphatic carbocycles. The van der Waals surface area contributed by atoms with E-state index < -0.39 is 0 Å². The number of hydroxylamine groups is 2. The molecular formula is C33H34N6O3. The number of imidazole rings is 1. The van der Waals surface area contributed by atoms with E-state index in [0.717, 1.165) is 11.3 Å². The smallest absolute Gasteiger partial charge is 0.277 e. The van der Waals surface area contributed by atoms with Gasteiger partial charge in [-0.2, -0.15) is 0 Å². The molecule has 0 saturated heterocycles. The van der Waals surface area contributed by atoms with Crippen molar-refractivity contribution in [3.63, 3.8) is 0 Å². The molecule has 0 bridgehead atoms. The Morgan fingerprint density at radius 2 is 1.67 bits per heavy atom. The molecule has 2 aromatic heterocycles. The molecule has 0 unspecified atom stereocenters. The van der Waals surface area contributed by atoms with Crippen LogP contribution >= 0.6 is 0 Å². The average Bonchev–Trinajstić information content (AvgIpc) is 3.46. The number of fused-ring (bicyclic) bond motifs is 1. The zero-order valence-electron chi connectivity index (χ0n) is 24.4. The Hall–Kier alpha value is -5.02. The third-order valence-corrected chi connectivity index (χ3v) is 6.81. The second-order valence-electron chi connectivity index (χ2n) is 10.9. The molecule has 0 atom stereocenters. The number of carbonyl (C=O) groups excluding carboxylic acids is 2. The fourth-order valence-corrected chi connectivity index (χ4v) is 4.50. The maximum Gasteiger partial charge on any atom is 0.277 e. The van der Waals surface area contributed by atoms with Crippen LogP contribution in [0.2, 0.25) is 0 Å². The van der Waals surface area contributed by atoms with Crippen LogP contribution in [0.4, 0.5) is 17.2 Å². The molecule has 0 fully saturated rings. The Balaban J connectivity index is 1.37. The summed E-state index contributed by atoms with van der Waals surface area (Å²) in [4.78, 5) is 40.1. The molecule has 2 heterocycles. The van der Waals surface area contributed by atoms with Gasteiger partial charge in [0.25, 0.3) is 11.8 Å². The van der Waals surface area contributed by atoms with Gasteiger partial charge >= 0.3 is 0 Å². The van der Waals surface area contributed by atoms with Crippen molar-refractivity contribution in [3.05, 3.63) is 108 Å². The summed E-state index contributed by atoms with van der Waals surface area (Å²) < 4.78 is 1.89. The van der Waals surface area contributed by atoms with Crippen LogP contribution in [0.3, 0.4) is 0 Å². The fraction of sp³-hybridized carbons (Fsp3) is 0.212. The first-order valence-electron chi connectivity index (χ1n) is 13.8. The van der Waals surface area contributed by atoms with Crippen molar-refractivity contribution in [3.8, 4) is 11.3 Å². The minimum absolute atomic E-state index is 0.0174.